The maximum atomic E-state index is 6.10. The summed E-state index contributed by atoms with van der Waals surface area (Å²) >= 11 is 6.10. The Bertz CT molecular complexity index is 697. The molecule has 1 aliphatic rings. The Kier molecular flexibility index (Phi) is 3.36. The number of anilines is 1. The molecule has 0 saturated heterocycles. The summed E-state index contributed by atoms with van der Waals surface area (Å²) in [6.07, 6.45) is 6.19. The number of nitrogens with zero attached hydrogens (tertiary/aromatic N) is 2. The van der Waals surface area contributed by atoms with E-state index >= 15 is 0 Å². The molecule has 1 aromatic heterocycles. The Morgan fingerprint density at radius 3 is 2.85 bits per heavy atom. The molecule has 1 N–H and O–H groups in total. The summed E-state index contributed by atoms with van der Waals surface area (Å²) in [6.45, 7) is 5.02. The van der Waals surface area contributed by atoms with Crippen LogP contribution in [0.4, 0.5) is 5.69 Å². The lowest BCUT2D eigenvalue weighted by atomic mass is 10.0. The molecule has 0 radical (unpaired) electrons. The minimum absolute atomic E-state index is 0.757. The van der Waals surface area contributed by atoms with Crippen LogP contribution in [0, 0.1) is 6.92 Å². The SMILES string of the molecule is CC1=C(c2cccc(Cl)c2)C=CCN1c1cn[nH]c1C. The molecule has 0 spiro atoms. The molecule has 0 atom stereocenters. The topological polar surface area (TPSA) is 31.9 Å². The molecule has 4 heteroatoms. The van der Waals surface area contributed by atoms with Gasteiger partial charge in [-0.2, -0.15) is 5.10 Å². The van der Waals surface area contributed by atoms with Gasteiger partial charge in [-0.3, -0.25) is 5.10 Å². The van der Waals surface area contributed by atoms with E-state index in [2.05, 4.69) is 40.2 Å². The van der Waals surface area contributed by atoms with Gasteiger partial charge in [0, 0.05) is 22.8 Å². The van der Waals surface area contributed by atoms with Crippen molar-refractivity contribution in [2.24, 2.45) is 0 Å². The monoisotopic (exact) mass is 285 g/mol. The standard InChI is InChI=1S/C16H16ClN3/c1-11-16(10-18-19-11)20-8-4-7-15(12(20)2)13-5-3-6-14(17)9-13/h3-7,9-10H,8H2,1-2H3,(H,18,19). The van der Waals surface area contributed by atoms with Gasteiger partial charge in [0.1, 0.15) is 0 Å². The van der Waals surface area contributed by atoms with Gasteiger partial charge in [-0.25, -0.2) is 0 Å². The van der Waals surface area contributed by atoms with Gasteiger partial charge in [0.15, 0.2) is 0 Å². The highest BCUT2D eigenvalue weighted by Crippen LogP contribution is 2.31. The van der Waals surface area contributed by atoms with E-state index in [0.29, 0.717) is 0 Å². The first-order chi connectivity index (χ1) is 9.66. The van der Waals surface area contributed by atoms with Gasteiger partial charge in [0.05, 0.1) is 17.6 Å². The highest BCUT2D eigenvalue weighted by molar-refractivity contribution is 6.30. The van der Waals surface area contributed by atoms with Gasteiger partial charge in [0.2, 0.25) is 0 Å². The van der Waals surface area contributed by atoms with Crippen LogP contribution in [0.2, 0.25) is 5.02 Å². The Hall–Kier alpha value is -2.00. The van der Waals surface area contributed by atoms with Crippen molar-refractivity contribution in [1.29, 1.82) is 0 Å². The zero-order chi connectivity index (χ0) is 14.1. The second-order valence-electron chi connectivity index (χ2n) is 4.90. The lowest BCUT2D eigenvalue weighted by Gasteiger charge is -2.28. The Morgan fingerprint density at radius 1 is 1.30 bits per heavy atom. The Morgan fingerprint density at radius 2 is 2.15 bits per heavy atom. The molecule has 20 heavy (non-hydrogen) atoms. The average molecular weight is 286 g/mol. The number of hydrogen-bond donors (Lipinski definition) is 1. The molecule has 1 aromatic carbocycles. The minimum Gasteiger partial charge on any atom is -0.338 e. The number of aromatic nitrogens is 2. The molecule has 1 aliphatic heterocycles. The van der Waals surface area contributed by atoms with E-state index in [1.165, 1.54) is 11.3 Å². The van der Waals surface area contributed by atoms with Crippen molar-refractivity contribution >= 4 is 22.9 Å². The zero-order valence-corrected chi connectivity index (χ0v) is 12.3. The number of H-pyrrole nitrogens is 1. The molecule has 0 fully saturated rings. The summed E-state index contributed by atoms with van der Waals surface area (Å²) in [5.74, 6) is 0. The third-order valence-corrected chi connectivity index (χ3v) is 3.83. The summed E-state index contributed by atoms with van der Waals surface area (Å²) < 4.78 is 0. The fourth-order valence-corrected chi connectivity index (χ4v) is 2.73. The number of nitrogens with one attached hydrogen (secondary N) is 1. The molecular formula is C16H16ClN3. The largest absolute Gasteiger partial charge is 0.338 e. The second kappa shape index (κ2) is 5.17. The molecule has 0 aliphatic carbocycles. The zero-order valence-electron chi connectivity index (χ0n) is 11.5. The van der Waals surface area contributed by atoms with Crippen LogP contribution in [0.25, 0.3) is 5.57 Å². The van der Waals surface area contributed by atoms with E-state index in [9.17, 15) is 0 Å². The summed E-state index contributed by atoms with van der Waals surface area (Å²) in [4.78, 5) is 2.26. The van der Waals surface area contributed by atoms with E-state index in [4.69, 9.17) is 11.6 Å². The molecular weight excluding hydrogens is 270 g/mol. The Balaban J connectivity index is 2.06. The van der Waals surface area contributed by atoms with Crippen LogP contribution in [-0.4, -0.2) is 16.7 Å². The van der Waals surface area contributed by atoms with E-state index < -0.39 is 0 Å². The number of hydrogen-bond acceptors (Lipinski definition) is 2. The van der Waals surface area contributed by atoms with E-state index in [0.717, 1.165) is 28.5 Å². The third-order valence-electron chi connectivity index (χ3n) is 3.60. The molecule has 0 saturated carbocycles. The van der Waals surface area contributed by atoms with Crippen LogP contribution in [-0.2, 0) is 0 Å². The highest BCUT2D eigenvalue weighted by Gasteiger charge is 2.18. The van der Waals surface area contributed by atoms with Gasteiger partial charge < -0.3 is 4.90 Å². The first-order valence-electron chi connectivity index (χ1n) is 6.57. The van der Waals surface area contributed by atoms with Crippen molar-refractivity contribution < 1.29 is 0 Å². The van der Waals surface area contributed by atoms with Crippen molar-refractivity contribution in [3.8, 4) is 0 Å². The van der Waals surface area contributed by atoms with Gasteiger partial charge in [0.25, 0.3) is 0 Å². The smallest absolute Gasteiger partial charge is 0.0824 e. The van der Waals surface area contributed by atoms with E-state index in [-0.39, 0.29) is 0 Å². The molecule has 0 amide bonds. The van der Waals surface area contributed by atoms with Crippen molar-refractivity contribution in [2.45, 2.75) is 13.8 Å². The lowest BCUT2D eigenvalue weighted by molar-refractivity contribution is 0.988. The number of rotatable bonds is 2. The maximum absolute atomic E-state index is 6.10. The van der Waals surface area contributed by atoms with Crippen molar-refractivity contribution in [3.05, 3.63) is 64.6 Å². The van der Waals surface area contributed by atoms with Crippen LogP contribution in [0.3, 0.4) is 0 Å². The summed E-state index contributed by atoms with van der Waals surface area (Å²) in [7, 11) is 0. The molecule has 2 aromatic rings. The number of allylic oxidation sites excluding steroid dienone is 3. The second-order valence-corrected chi connectivity index (χ2v) is 5.34. The van der Waals surface area contributed by atoms with Crippen LogP contribution in [0.5, 0.6) is 0 Å². The summed E-state index contributed by atoms with van der Waals surface area (Å²) in [5, 5.41) is 7.86. The fraction of sp³-hybridized carbons (Fsp3) is 0.188. The van der Waals surface area contributed by atoms with E-state index in [1.807, 2.05) is 31.3 Å². The first kappa shape index (κ1) is 13.0. The average Bonchev–Trinajstić information content (AvgIpc) is 2.85. The fourth-order valence-electron chi connectivity index (χ4n) is 2.54. The maximum Gasteiger partial charge on any atom is 0.0824 e. The molecule has 2 heterocycles. The van der Waals surface area contributed by atoms with Crippen molar-refractivity contribution in [3.63, 3.8) is 0 Å². The molecule has 0 bridgehead atoms. The molecule has 3 nitrogen and oxygen atoms in total. The Labute approximate surface area is 123 Å². The van der Waals surface area contributed by atoms with Gasteiger partial charge in [-0.05, 0) is 31.5 Å². The van der Waals surface area contributed by atoms with E-state index in [1.54, 1.807) is 0 Å². The van der Waals surface area contributed by atoms with Crippen LogP contribution >= 0.6 is 11.6 Å². The first-order valence-corrected chi connectivity index (χ1v) is 6.95. The number of aromatic amines is 1. The molecule has 3 rings (SSSR count). The van der Waals surface area contributed by atoms with Crippen molar-refractivity contribution in [2.75, 3.05) is 11.4 Å². The minimum atomic E-state index is 0.757. The number of halogens is 1. The van der Waals surface area contributed by atoms with Gasteiger partial charge >= 0.3 is 0 Å². The van der Waals surface area contributed by atoms with Gasteiger partial charge in [-0.1, -0.05) is 35.9 Å². The quantitative estimate of drug-likeness (QED) is 0.898. The van der Waals surface area contributed by atoms with Crippen LogP contribution in [0.15, 0.2) is 48.3 Å². The van der Waals surface area contributed by atoms with Gasteiger partial charge in [-0.15, -0.1) is 0 Å². The summed E-state index contributed by atoms with van der Waals surface area (Å²) in [6, 6.07) is 7.95. The number of aryl methyl sites for hydroxylation is 1. The lowest BCUT2D eigenvalue weighted by Crippen LogP contribution is -2.24. The highest BCUT2D eigenvalue weighted by atomic mass is 35.5. The predicted octanol–water partition coefficient (Wildman–Crippen LogP) is 4.18. The van der Waals surface area contributed by atoms with Crippen LogP contribution in [0.1, 0.15) is 18.2 Å². The number of benzene rings is 1. The van der Waals surface area contributed by atoms with Crippen LogP contribution < -0.4 is 4.90 Å². The summed E-state index contributed by atoms with van der Waals surface area (Å²) in [5.41, 5.74) is 5.73. The molecule has 0 unspecified atom stereocenters. The predicted molar refractivity (Wildman–Crippen MR) is 83.9 cm³/mol. The third kappa shape index (κ3) is 2.25. The molecule has 102 valence electrons. The van der Waals surface area contributed by atoms with Crippen molar-refractivity contribution in [1.82, 2.24) is 10.2 Å². The normalized spacial score (nSPS) is 15.1.